The molecule has 16 heavy (non-hydrogen) atoms. The Morgan fingerprint density at radius 2 is 1.94 bits per heavy atom. The molecule has 0 bridgehead atoms. The number of hydrogen-bond donors (Lipinski definition) is 1. The molecule has 0 aliphatic carbocycles. The number of nitrogens with zero attached hydrogens (tertiary/aromatic N) is 1. The fraction of sp³-hybridized carbons (Fsp3) is 0.571. The van der Waals surface area contributed by atoms with Gasteiger partial charge in [0.1, 0.15) is 0 Å². The quantitative estimate of drug-likeness (QED) is 0.775. The topological polar surface area (TPSA) is 15.3 Å². The van der Waals surface area contributed by atoms with Crippen molar-refractivity contribution >= 4 is 5.69 Å². The van der Waals surface area contributed by atoms with Crippen molar-refractivity contribution in [3.63, 3.8) is 0 Å². The predicted molar refractivity (Wildman–Crippen MR) is 68.1 cm³/mol. The lowest BCUT2D eigenvalue weighted by molar-refractivity contribution is 0.432. The number of rotatable bonds is 1. The first kappa shape index (κ1) is 10.2. The monoisotopic (exact) mass is 216 g/mol. The van der Waals surface area contributed by atoms with Crippen LogP contribution in [0.1, 0.15) is 31.2 Å². The molecule has 1 saturated heterocycles. The van der Waals surface area contributed by atoms with Gasteiger partial charge in [-0.1, -0.05) is 25.1 Å². The van der Waals surface area contributed by atoms with E-state index < -0.39 is 0 Å². The maximum absolute atomic E-state index is 3.45. The van der Waals surface area contributed by atoms with Crippen molar-refractivity contribution in [1.29, 1.82) is 0 Å². The highest BCUT2D eigenvalue weighted by molar-refractivity contribution is 5.60. The smallest absolute Gasteiger partial charge is 0.0404 e. The number of piperidine rings is 1. The summed E-state index contributed by atoms with van der Waals surface area (Å²) in [5, 5.41) is 3.45. The van der Waals surface area contributed by atoms with Gasteiger partial charge in [0, 0.05) is 24.2 Å². The molecule has 0 radical (unpaired) electrons. The Morgan fingerprint density at radius 1 is 1.19 bits per heavy atom. The van der Waals surface area contributed by atoms with Crippen molar-refractivity contribution < 1.29 is 0 Å². The lowest BCUT2D eigenvalue weighted by atomic mass is 10.0. The Morgan fingerprint density at radius 3 is 2.75 bits per heavy atom. The largest absolute Gasteiger partial charge is 0.368 e. The molecule has 2 heteroatoms. The second-order valence-electron chi connectivity index (χ2n) is 5.09. The molecule has 1 aromatic carbocycles. The number of para-hydroxylation sites is 1. The molecule has 0 saturated carbocycles. The first-order valence-corrected chi connectivity index (χ1v) is 6.42. The molecule has 1 N–H and O–H groups in total. The fourth-order valence-corrected chi connectivity index (χ4v) is 3.12. The molecule has 86 valence electrons. The van der Waals surface area contributed by atoms with Gasteiger partial charge < -0.3 is 10.2 Å². The Kier molecular flexibility index (Phi) is 2.60. The third-order valence-electron chi connectivity index (χ3n) is 4.00. The minimum absolute atomic E-state index is 0.700. The van der Waals surface area contributed by atoms with Gasteiger partial charge in [-0.05, 0) is 37.6 Å². The predicted octanol–water partition coefficient (Wildman–Crippen LogP) is 2.36. The fourth-order valence-electron chi connectivity index (χ4n) is 3.12. The zero-order valence-corrected chi connectivity index (χ0v) is 9.95. The van der Waals surface area contributed by atoms with E-state index in [0.29, 0.717) is 5.92 Å². The molecule has 3 rings (SSSR count). The van der Waals surface area contributed by atoms with Gasteiger partial charge in [-0.15, -0.1) is 0 Å². The van der Waals surface area contributed by atoms with E-state index in [9.17, 15) is 0 Å². The average Bonchev–Trinajstić information content (AvgIpc) is 2.69. The van der Waals surface area contributed by atoms with E-state index in [1.165, 1.54) is 38.2 Å². The van der Waals surface area contributed by atoms with Crippen LogP contribution in [0.25, 0.3) is 0 Å². The standard InChI is InChI=1S/C14H20N2/c1-11-10-16(12-6-8-15-9-7-12)14-5-3-2-4-13(11)14/h2-5,11-12,15H,6-10H2,1H3. The second-order valence-corrected chi connectivity index (χ2v) is 5.09. The van der Waals surface area contributed by atoms with Gasteiger partial charge in [-0.25, -0.2) is 0 Å². The molecule has 1 unspecified atom stereocenters. The van der Waals surface area contributed by atoms with Gasteiger partial charge in [-0.3, -0.25) is 0 Å². The lowest BCUT2D eigenvalue weighted by Gasteiger charge is -2.33. The van der Waals surface area contributed by atoms with Crippen LogP contribution in [0.15, 0.2) is 24.3 Å². The Balaban J connectivity index is 1.87. The summed E-state index contributed by atoms with van der Waals surface area (Å²) in [5.74, 6) is 0.700. The summed E-state index contributed by atoms with van der Waals surface area (Å²) < 4.78 is 0. The highest BCUT2D eigenvalue weighted by Gasteiger charge is 2.30. The molecule has 0 aromatic heterocycles. The van der Waals surface area contributed by atoms with E-state index in [1.807, 2.05) is 0 Å². The Hall–Kier alpha value is -1.02. The summed E-state index contributed by atoms with van der Waals surface area (Å²) >= 11 is 0. The van der Waals surface area contributed by atoms with Crippen molar-refractivity contribution in [1.82, 2.24) is 5.32 Å². The first-order valence-electron chi connectivity index (χ1n) is 6.42. The third kappa shape index (κ3) is 1.61. The SMILES string of the molecule is CC1CN(C2CCNCC2)c2ccccc21. The second kappa shape index (κ2) is 4.10. The molecule has 0 spiro atoms. The molecule has 2 aliphatic rings. The number of fused-ring (bicyclic) bond motifs is 1. The third-order valence-corrected chi connectivity index (χ3v) is 4.00. The lowest BCUT2D eigenvalue weighted by Crippen LogP contribution is -2.42. The van der Waals surface area contributed by atoms with Crippen molar-refractivity contribution in [2.45, 2.75) is 31.7 Å². The van der Waals surface area contributed by atoms with Crippen LogP contribution in [0, 0.1) is 0 Å². The van der Waals surface area contributed by atoms with Crippen molar-refractivity contribution in [2.24, 2.45) is 0 Å². The van der Waals surface area contributed by atoms with Gasteiger partial charge >= 0.3 is 0 Å². The van der Waals surface area contributed by atoms with Crippen molar-refractivity contribution in [3.05, 3.63) is 29.8 Å². The summed E-state index contributed by atoms with van der Waals surface area (Å²) in [4.78, 5) is 2.64. The van der Waals surface area contributed by atoms with Crippen LogP contribution >= 0.6 is 0 Å². The van der Waals surface area contributed by atoms with E-state index >= 15 is 0 Å². The number of hydrogen-bond acceptors (Lipinski definition) is 2. The zero-order valence-electron chi connectivity index (χ0n) is 9.95. The van der Waals surface area contributed by atoms with Crippen molar-refractivity contribution in [2.75, 3.05) is 24.5 Å². The molecule has 2 aliphatic heterocycles. The number of benzene rings is 1. The van der Waals surface area contributed by atoms with Gasteiger partial charge in [0.25, 0.3) is 0 Å². The molecule has 0 amide bonds. The summed E-state index contributed by atoms with van der Waals surface area (Å²) in [6.45, 7) is 5.92. The highest BCUT2D eigenvalue weighted by Crippen LogP contribution is 2.38. The van der Waals surface area contributed by atoms with Crippen LogP contribution in [0.4, 0.5) is 5.69 Å². The molecule has 2 nitrogen and oxygen atoms in total. The molecular weight excluding hydrogens is 196 g/mol. The highest BCUT2D eigenvalue weighted by atomic mass is 15.2. The van der Waals surface area contributed by atoms with Crippen LogP contribution in [0.2, 0.25) is 0 Å². The normalized spacial score (nSPS) is 25.8. The van der Waals surface area contributed by atoms with E-state index in [1.54, 1.807) is 5.56 Å². The van der Waals surface area contributed by atoms with E-state index in [4.69, 9.17) is 0 Å². The summed E-state index contributed by atoms with van der Waals surface area (Å²) in [5.41, 5.74) is 3.03. The first-order chi connectivity index (χ1) is 7.86. The Bertz CT molecular complexity index is 369. The maximum atomic E-state index is 3.45. The van der Waals surface area contributed by atoms with E-state index in [0.717, 1.165) is 6.04 Å². The van der Waals surface area contributed by atoms with Crippen molar-refractivity contribution in [3.8, 4) is 0 Å². The zero-order chi connectivity index (χ0) is 11.0. The van der Waals surface area contributed by atoms with Crippen LogP contribution in [-0.4, -0.2) is 25.7 Å². The Labute approximate surface area is 97.6 Å². The maximum Gasteiger partial charge on any atom is 0.0404 e. The van der Waals surface area contributed by atoms with Gasteiger partial charge in [0.2, 0.25) is 0 Å². The summed E-state index contributed by atoms with van der Waals surface area (Å²) in [7, 11) is 0. The van der Waals surface area contributed by atoms with E-state index in [-0.39, 0.29) is 0 Å². The molecule has 2 heterocycles. The molecular formula is C14H20N2. The number of nitrogens with one attached hydrogen (secondary N) is 1. The molecule has 1 aromatic rings. The average molecular weight is 216 g/mol. The van der Waals surface area contributed by atoms with Crippen LogP contribution in [0.5, 0.6) is 0 Å². The van der Waals surface area contributed by atoms with Crippen LogP contribution in [0.3, 0.4) is 0 Å². The van der Waals surface area contributed by atoms with E-state index in [2.05, 4.69) is 41.4 Å². The van der Waals surface area contributed by atoms with Gasteiger partial charge in [-0.2, -0.15) is 0 Å². The minimum Gasteiger partial charge on any atom is -0.368 e. The van der Waals surface area contributed by atoms with Gasteiger partial charge in [0.15, 0.2) is 0 Å². The van der Waals surface area contributed by atoms with Gasteiger partial charge in [0.05, 0.1) is 0 Å². The summed E-state index contributed by atoms with van der Waals surface area (Å²) in [6.07, 6.45) is 2.59. The number of anilines is 1. The molecule has 1 atom stereocenters. The van der Waals surface area contributed by atoms with Crippen LogP contribution < -0.4 is 10.2 Å². The minimum atomic E-state index is 0.700. The molecule has 1 fully saturated rings. The summed E-state index contributed by atoms with van der Waals surface area (Å²) in [6, 6.07) is 9.68. The van der Waals surface area contributed by atoms with Crippen LogP contribution in [-0.2, 0) is 0 Å².